The van der Waals surface area contributed by atoms with E-state index in [9.17, 15) is 9.59 Å². The van der Waals surface area contributed by atoms with Gasteiger partial charge in [0.1, 0.15) is 6.61 Å². The summed E-state index contributed by atoms with van der Waals surface area (Å²) in [6, 6.07) is 11.8. The number of aromatic nitrogens is 2. The molecule has 0 bridgehead atoms. The fourth-order valence-electron chi connectivity index (χ4n) is 2.45. The second-order valence-corrected chi connectivity index (χ2v) is 6.17. The highest BCUT2D eigenvalue weighted by Gasteiger charge is 2.18. The van der Waals surface area contributed by atoms with Crippen molar-refractivity contribution in [2.75, 3.05) is 0 Å². The van der Waals surface area contributed by atoms with E-state index >= 15 is 0 Å². The third-order valence-electron chi connectivity index (χ3n) is 3.73. The number of benzene rings is 2. The fraction of sp³-hybridized carbons (Fsp3) is 0.167. The lowest BCUT2D eigenvalue weighted by molar-refractivity contribution is 0.0465. The molecule has 0 N–H and O–H groups in total. The minimum absolute atomic E-state index is 0.0178. The van der Waals surface area contributed by atoms with Crippen molar-refractivity contribution in [2.24, 2.45) is 0 Å². The smallest absolute Gasteiger partial charge is 0.359 e. The van der Waals surface area contributed by atoms with Crippen LogP contribution in [0.4, 0.5) is 0 Å². The highest BCUT2D eigenvalue weighted by molar-refractivity contribution is 6.35. The number of hydrogen-bond acceptors (Lipinski definition) is 4. The molecule has 3 rings (SSSR count). The summed E-state index contributed by atoms with van der Waals surface area (Å²) < 4.78 is 6.58. The number of fused-ring (bicyclic) bond motifs is 1. The Morgan fingerprint density at radius 2 is 1.88 bits per heavy atom. The summed E-state index contributed by atoms with van der Waals surface area (Å²) in [5.41, 5.74) is 0.491. The van der Waals surface area contributed by atoms with Crippen molar-refractivity contribution >= 4 is 39.9 Å². The van der Waals surface area contributed by atoms with Crippen LogP contribution in [0.1, 0.15) is 23.0 Å². The average Bonchev–Trinajstić information content (AvgIpc) is 2.61. The van der Waals surface area contributed by atoms with Crippen LogP contribution in [0, 0.1) is 0 Å². The van der Waals surface area contributed by atoms with E-state index in [-0.39, 0.29) is 17.9 Å². The van der Waals surface area contributed by atoms with E-state index in [1.807, 2.05) is 0 Å². The molecule has 0 aliphatic rings. The predicted octanol–water partition coefficient (Wildman–Crippen LogP) is 4.08. The second-order valence-electron chi connectivity index (χ2n) is 5.33. The summed E-state index contributed by atoms with van der Waals surface area (Å²) in [6.45, 7) is 2.12. The van der Waals surface area contributed by atoms with Crippen LogP contribution in [0.25, 0.3) is 10.8 Å². The van der Waals surface area contributed by atoms with Gasteiger partial charge in [-0.3, -0.25) is 4.79 Å². The van der Waals surface area contributed by atoms with Gasteiger partial charge in [0.15, 0.2) is 5.69 Å². The number of nitrogens with zero attached hydrogens (tertiary/aromatic N) is 2. The van der Waals surface area contributed by atoms with E-state index in [1.54, 1.807) is 49.4 Å². The summed E-state index contributed by atoms with van der Waals surface area (Å²) in [4.78, 5) is 24.8. The molecule has 0 saturated carbocycles. The Balaban J connectivity index is 1.94. The SMILES string of the molecule is CCn1nc(C(=O)OCc2ccc(Cl)cc2Cl)c2ccccc2c1=O. The predicted molar refractivity (Wildman–Crippen MR) is 97.3 cm³/mol. The summed E-state index contributed by atoms with van der Waals surface area (Å²) in [6.07, 6.45) is 0. The standard InChI is InChI=1S/C18H14Cl2N2O3/c1-2-22-17(23)14-6-4-3-5-13(14)16(21-22)18(24)25-10-11-7-8-12(19)9-15(11)20/h3-9H,2,10H2,1H3. The van der Waals surface area contributed by atoms with Crippen molar-refractivity contribution in [3.8, 4) is 0 Å². The van der Waals surface area contributed by atoms with Gasteiger partial charge in [-0.25, -0.2) is 9.48 Å². The van der Waals surface area contributed by atoms with E-state index in [4.69, 9.17) is 27.9 Å². The molecule has 0 atom stereocenters. The number of aryl methyl sites for hydroxylation is 1. The van der Waals surface area contributed by atoms with Crippen LogP contribution >= 0.6 is 23.2 Å². The molecule has 1 aromatic heterocycles. The van der Waals surface area contributed by atoms with Gasteiger partial charge < -0.3 is 4.74 Å². The van der Waals surface area contributed by atoms with Gasteiger partial charge in [-0.2, -0.15) is 5.10 Å². The van der Waals surface area contributed by atoms with Crippen LogP contribution in [0.5, 0.6) is 0 Å². The van der Waals surface area contributed by atoms with E-state index in [1.165, 1.54) is 4.68 Å². The first-order valence-corrected chi connectivity index (χ1v) is 8.37. The summed E-state index contributed by atoms with van der Waals surface area (Å²) >= 11 is 11.9. The molecule has 0 fully saturated rings. The summed E-state index contributed by atoms with van der Waals surface area (Å²) in [5.74, 6) is -0.621. The van der Waals surface area contributed by atoms with Crippen LogP contribution in [0.2, 0.25) is 10.0 Å². The number of halogens is 2. The van der Waals surface area contributed by atoms with Crippen LogP contribution in [0.3, 0.4) is 0 Å². The molecule has 5 nitrogen and oxygen atoms in total. The number of esters is 1. The van der Waals surface area contributed by atoms with Crippen molar-refractivity contribution in [1.82, 2.24) is 9.78 Å². The fourth-order valence-corrected chi connectivity index (χ4v) is 2.91. The molecule has 0 radical (unpaired) electrons. The number of ether oxygens (including phenoxy) is 1. The molecule has 0 saturated heterocycles. The van der Waals surface area contributed by atoms with E-state index in [0.717, 1.165) is 0 Å². The molecule has 0 unspecified atom stereocenters. The highest BCUT2D eigenvalue weighted by atomic mass is 35.5. The maximum Gasteiger partial charge on any atom is 0.359 e. The Bertz CT molecular complexity index is 1010. The van der Waals surface area contributed by atoms with Gasteiger partial charge in [-0.05, 0) is 25.1 Å². The second kappa shape index (κ2) is 7.25. The van der Waals surface area contributed by atoms with Crippen molar-refractivity contribution in [3.05, 3.63) is 74.1 Å². The Kier molecular flexibility index (Phi) is 5.06. The molecule has 0 aliphatic carbocycles. The van der Waals surface area contributed by atoms with Gasteiger partial charge in [-0.15, -0.1) is 0 Å². The minimum atomic E-state index is -0.621. The molecule has 7 heteroatoms. The maximum absolute atomic E-state index is 12.5. The molecule has 0 aliphatic heterocycles. The van der Waals surface area contributed by atoms with E-state index in [0.29, 0.717) is 32.9 Å². The Labute approximate surface area is 153 Å². The average molecular weight is 377 g/mol. The van der Waals surface area contributed by atoms with Crippen LogP contribution in [-0.2, 0) is 17.9 Å². The van der Waals surface area contributed by atoms with E-state index in [2.05, 4.69) is 5.10 Å². The molecular weight excluding hydrogens is 363 g/mol. The lowest BCUT2D eigenvalue weighted by Crippen LogP contribution is -2.25. The van der Waals surface area contributed by atoms with Crippen molar-refractivity contribution in [1.29, 1.82) is 0 Å². The molecule has 3 aromatic rings. The third-order valence-corrected chi connectivity index (χ3v) is 4.32. The largest absolute Gasteiger partial charge is 0.456 e. The monoisotopic (exact) mass is 376 g/mol. The Hall–Kier alpha value is -2.37. The molecule has 0 amide bonds. The number of carbonyl (C=O) groups excluding carboxylic acids is 1. The van der Waals surface area contributed by atoms with Gasteiger partial charge in [0.2, 0.25) is 0 Å². The summed E-state index contributed by atoms with van der Waals surface area (Å²) in [7, 11) is 0. The van der Waals surface area contributed by atoms with Crippen LogP contribution < -0.4 is 5.56 Å². The zero-order valence-corrected chi connectivity index (χ0v) is 14.8. The first-order chi connectivity index (χ1) is 12.0. The van der Waals surface area contributed by atoms with Crippen LogP contribution in [-0.4, -0.2) is 15.7 Å². The zero-order valence-electron chi connectivity index (χ0n) is 13.3. The topological polar surface area (TPSA) is 61.2 Å². The van der Waals surface area contributed by atoms with Gasteiger partial charge in [-0.1, -0.05) is 47.5 Å². The molecule has 1 heterocycles. The molecule has 128 valence electrons. The normalized spacial score (nSPS) is 10.8. The third kappa shape index (κ3) is 3.52. The quantitative estimate of drug-likeness (QED) is 0.643. The van der Waals surface area contributed by atoms with Gasteiger partial charge >= 0.3 is 5.97 Å². The lowest BCUT2D eigenvalue weighted by Gasteiger charge is -2.10. The lowest BCUT2D eigenvalue weighted by atomic mass is 10.1. The molecular formula is C18H14Cl2N2O3. The maximum atomic E-state index is 12.5. The number of carbonyl (C=O) groups is 1. The Morgan fingerprint density at radius 3 is 2.56 bits per heavy atom. The molecule has 0 spiro atoms. The van der Waals surface area contributed by atoms with Crippen molar-refractivity contribution in [3.63, 3.8) is 0 Å². The highest BCUT2D eigenvalue weighted by Crippen LogP contribution is 2.22. The number of hydrogen-bond donors (Lipinski definition) is 0. The first kappa shape index (κ1) is 17.5. The molecule has 25 heavy (non-hydrogen) atoms. The first-order valence-electron chi connectivity index (χ1n) is 7.62. The Morgan fingerprint density at radius 1 is 1.16 bits per heavy atom. The molecule has 2 aromatic carbocycles. The van der Waals surface area contributed by atoms with Gasteiger partial charge in [0.25, 0.3) is 5.56 Å². The van der Waals surface area contributed by atoms with E-state index < -0.39 is 5.97 Å². The summed E-state index contributed by atoms with van der Waals surface area (Å²) in [5, 5.41) is 5.95. The van der Waals surface area contributed by atoms with Crippen LogP contribution in [0.15, 0.2) is 47.3 Å². The zero-order chi connectivity index (χ0) is 18.0. The number of rotatable bonds is 4. The van der Waals surface area contributed by atoms with Gasteiger partial charge in [0.05, 0.1) is 5.39 Å². The van der Waals surface area contributed by atoms with Crippen molar-refractivity contribution < 1.29 is 9.53 Å². The van der Waals surface area contributed by atoms with Crippen molar-refractivity contribution in [2.45, 2.75) is 20.1 Å². The minimum Gasteiger partial charge on any atom is -0.456 e. The van der Waals surface area contributed by atoms with Gasteiger partial charge in [0, 0.05) is 27.5 Å².